The first-order valence-corrected chi connectivity index (χ1v) is 8.21. The van der Waals surface area contributed by atoms with Crippen molar-refractivity contribution in [3.63, 3.8) is 0 Å². The zero-order valence-electron chi connectivity index (χ0n) is 12.9. The van der Waals surface area contributed by atoms with Crippen molar-refractivity contribution in [1.82, 2.24) is 5.32 Å². The van der Waals surface area contributed by atoms with Crippen LogP contribution in [0.1, 0.15) is 18.9 Å². The summed E-state index contributed by atoms with van der Waals surface area (Å²) >= 11 is 3.49. The van der Waals surface area contributed by atoms with Crippen molar-refractivity contribution in [3.8, 4) is 5.75 Å². The van der Waals surface area contributed by atoms with E-state index in [9.17, 15) is 0 Å². The van der Waals surface area contributed by atoms with Gasteiger partial charge in [0, 0.05) is 24.0 Å². The number of hydrogen-bond donors (Lipinski definition) is 1. The Morgan fingerprint density at radius 3 is 2.86 bits per heavy atom. The lowest BCUT2D eigenvalue weighted by Gasteiger charge is -2.44. The van der Waals surface area contributed by atoms with Crippen molar-refractivity contribution >= 4 is 15.9 Å². The van der Waals surface area contributed by atoms with Gasteiger partial charge in [0.2, 0.25) is 0 Å². The molecule has 1 aliphatic rings. The molecule has 0 aliphatic heterocycles. The molecule has 4 nitrogen and oxygen atoms in total. The molecule has 21 heavy (non-hydrogen) atoms. The monoisotopic (exact) mass is 357 g/mol. The fourth-order valence-electron chi connectivity index (χ4n) is 2.51. The number of likely N-dealkylation sites (N-methyl/N-ethyl adjacent to an activating group) is 1. The maximum absolute atomic E-state index is 6.15. The summed E-state index contributed by atoms with van der Waals surface area (Å²) < 4.78 is 18.1. The Balaban J connectivity index is 1.96. The minimum atomic E-state index is 0.0819. The van der Waals surface area contributed by atoms with E-state index < -0.39 is 0 Å². The first-order valence-electron chi connectivity index (χ1n) is 7.42. The molecule has 1 saturated carbocycles. The van der Waals surface area contributed by atoms with Gasteiger partial charge in [-0.25, -0.2) is 0 Å². The van der Waals surface area contributed by atoms with E-state index in [0.717, 1.165) is 28.8 Å². The zero-order valence-corrected chi connectivity index (χ0v) is 14.5. The summed E-state index contributed by atoms with van der Waals surface area (Å²) in [5.74, 6) is 0.921. The molecule has 3 atom stereocenters. The SMILES string of the molecule is CCNC1CC(Oc2cc(Br)ccc2C)C1OCCOC. The summed E-state index contributed by atoms with van der Waals surface area (Å²) in [5, 5.41) is 3.45. The van der Waals surface area contributed by atoms with Crippen molar-refractivity contribution in [2.75, 3.05) is 26.9 Å². The Morgan fingerprint density at radius 2 is 2.14 bits per heavy atom. The highest BCUT2D eigenvalue weighted by Gasteiger charge is 2.43. The molecule has 0 heterocycles. The van der Waals surface area contributed by atoms with E-state index in [4.69, 9.17) is 14.2 Å². The standard InChI is InChI=1S/C16H24BrNO3/c1-4-18-13-10-15(16(13)20-8-7-19-3)21-14-9-12(17)6-5-11(14)2/h5-6,9,13,15-16,18H,4,7-8,10H2,1-3H3. The molecule has 0 saturated heterocycles. The first kappa shape index (κ1) is 16.7. The summed E-state index contributed by atoms with van der Waals surface area (Å²) in [4.78, 5) is 0. The van der Waals surface area contributed by atoms with Gasteiger partial charge in [-0.15, -0.1) is 0 Å². The lowest BCUT2D eigenvalue weighted by atomic mass is 9.85. The number of halogens is 1. The normalized spacial score (nSPS) is 24.7. The third kappa shape index (κ3) is 4.42. The van der Waals surface area contributed by atoms with Crippen molar-refractivity contribution in [2.24, 2.45) is 0 Å². The summed E-state index contributed by atoms with van der Waals surface area (Å²) in [6.07, 6.45) is 1.15. The Bertz CT molecular complexity index is 455. The summed E-state index contributed by atoms with van der Waals surface area (Å²) in [7, 11) is 1.69. The summed E-state index contributed by atoms with van der Waals surface area (Å²) in [6.45, 7) is 6.32. The first-order chi connectivity index (χ1) is 10.2. The van der Waals surface area contributed by atoms with Gasteiger partial charge in [-0.1, -0.05) is 28.9 Å². The average Bonchev–Trinajstić information content (AvgIpc) is 2.46. The summed E-state index contributed by atoms with van der Waals surface area (Å²) in [5.41, 5.74) is 1.14. The number of ether oxygens (including phenoxy) is 3. The molecular weight excluding hydrogens is 334 g/mol. The van der Waals surface area contributed by atoms with Crippen molar-refractivity contribution < 1.29 is 14.2 Å². The van der Waals surface area contributed by atoms with Gasteiger partial charge in [-0.3, -0.25) is 0 Å². The predicted molar refractivity (Wildman–Crippen MR) is 87.0 cm³/mol. The molecular formula is C16H24BrNO3. The fourth-order valence-corrected chi connectivity index (χ4v) is 2.85. The van der Waals surface area contributed by atoms with E-state index in [1.807, 2.05) is 12.1 Å². The van der Waals surface area contributed by atoms with Crippen molar-refractivity contribution in [3.05, 3.63) is 28.2 Å². The lowest BCUT2D eigenvalue weighted by molar-refractivity contribution is -0.115. The second-order valence-corrected chi connectivity index (χ2v) is 6.21. The van der Waals surface area contributed by atoms with E-state index in [0.29, 0.717) is 19.3 Å². The van der Waals surface area contributed by atoms with Crippen LogP contribution >= 0.6 is 15.9 Å². The third-order valence-electron chi connectivity index (χ3n) is 3.74. The maximum atomic E-state index is 6.15. The van der Waals surface area contributed by atoms with Gasteiger partial charge in [0.1, 0.15) is 18.0 Å². The van der Waals surface area contributed by atoms with E-state index >= 15 is 0 Å². The van der Waals surface area contributed by atoms with Crippen LogP contribution in [-0.4, -0.2) is 45.1 Å². The number of benzene rings is 1. The highest BCUT2D eigenvalue weighted by molar-refractivity contribution is 9.10. The molecule has 0 spiro atoms. The minimum Gasteiger partial charge on any atom is -0.487 e. The molecule has 0 aromatic heterocycles. The molecule has 1 N–H and O–H groups in total. The summed E-state index contributed by atoms with van der Waals surface area (Å²) in [6, 6.07) is 6.46. The Kier molecular flexibility index (Phi) is 6.48. The van der Waals surface area contributed by atoms with E-state index in [1.165, 1.54) is 0 Å². The molecule has 5 heteroatoms. The third-order valence-corrected chi connectivity index (χ3v) is 4.24. The van der Waals surface area contributed by atoms with Crippen LogP contribution in [0.5, 0.6) is 5.75 Å². The van der Waals surface area contributed by atoms with Crippen LogP contribution in [0, 0.1) is 6.92 Å². The van der Waals surface area contributed by atoms with Crippen LogP contribution in [0.25, 0.3) is 0 Å². The highest BCUT2D eigenvalue weighted by Crippen LogP contribution is 2.32. The minimum absolute atomic E-state index is 0.0819. The second kappa shape index (κ2) is 8.13. The molecule has 118 valence electrons. The molecule has 3 unspecified atom stereocenters. The zero-order chi connectivity index (χ0) is 15.2. The maximum Gasteiger partial charge on any atom is 0.128 e. The average molecular weight is 358 g/mol. The number of rotatable bonds is 8. The van der Waals surface area contributed by atoms with Crippen molar-refractivity contribution in [2.45, 2.75) is 38.5 Å². The van der Waals surface area contributed by atoms with Crippen LogP contribution in [0.4, 0.5) is 0 Å². The van der Waals surface area contributed by atoms with E-state index in [-0.39, 0.29) is 12.2 Å². The quantitative estimate of drug-likeness (QED) is 0.726. The molecule has 1 fully saturated rings. The van der Waals surface area contributed by atoms with Gasteiger partial charge in [-0.05, 0) is 31.2 Å². The number of methoxy groups -OCH3 is 1. The van der Waals surface area contributed by atoms with Gasteiger partial charge in [0.25, 0.3) is 0 Å². The second-order valence-electron chi connectivity index (χ2n) is 5.29. The van der Waals surface area contributed by atoms with Gasteiger partial charge >= 0.3 is 0 Å². The largest absolute Gasteiger partial charge is 0.487 e. The molecule has 1 aliphatic carbocycles. The number of nitrogens with one attached hydrogen (secondary N) is 1. The van der Waals surface area contributed by atoms with E-state index in [2.05, 4.69) is 41.2 Å². The van der Waals surface area contributed by atoms with Gasteiger partial charge < -0.3 is 19.5 Å². The van der Waals surface area contributed by atoms with Crippen LogP contribution in [0.3, 0.4) is 0 Å². The highest BCUT2D eigenvalue weighted by atomic mass is 79.9. The van der Waals surface area contributed by atoms with Gasteiger partial charge in [-0.2, -0.15) is 0 Å². The number of aryl methyl sites for hydroxylation is 1. The Labute approximate surface area is 135 Å². The van der Waals surface area contributed by atoms with Crippen LogP contribution in [-0.2, 0) is 9.47 Å². The van der Waals surface area contributed by atoms with Crippen LogP contribution in [0.15, 0.2) is 22.7 Å². The van der Waals surface area contributed by atoms with E-state index in [1.54, 1.807) is 7.11 Å². The molecule has 0 bridgehead atoms. The molecule has 0 amide bonds. The lowest BCUT2D eigenvalue weighted by Crippen LogP contribution is -2.61. The Morgan fingerprint density at radius 1 is 1.33 bits per heavy atom. The van der Waals surface area contributed by atoms with Crippen molar-refractivity contribution in [1.29, 1.82) is 0 Å². The van der Waals surface area contributed by atoms with Crippen LogP contribution < -0.4 is 10.1 Å². The molecule has 1 aromatic rings. The topological polar surface area (TPSA) is 39.7 Å². The van der Waals surface area contributed by atoms with Gasteiger partial charge in [0.15, 0.2) is 0 Å². The number of hydrogen-bond acceptors (Lipinski definition) is 4. The van der Waals surface area contributed by atoms with Crippen LogP contribution in [0.2, 0.25) is 0 Å². The molecule has 1 aromatic carbocycles. The molecule has 0 radical (unpaired) electrons. The molecule has 2 rings (SSSR count). The Hall–Kier alpha value is -0.620. The predicted octanol–water partition coefficient (Wildman–Crippen LogP) is 2.92. The van der Waals surface area contributed by atoms with Gasteiger partial charge in [0.05, 0.1) is 13.2 Å². The smallest absolute Gasteiger partial charge is 0.128 e. The fraction of sp³-hybridized carbons (Fsp3) is 0.625.